The van der Waals surface area contributed by atoms with Crippen LogP contribution in [-0.2, 0) is 4.74 Å². The second kappa shape index (κ2) is 6.79. The van der Waals surface area contributed by atoms with Crippen molar-refractivity contribution in [2.24, 2.45) is 0 Å². The molecule has 2 aliphatic rings. The van der Waals surface area contributed by atoms with Gasteiger partial charge >= 0.3 is 6.09 Å². The molecule has 1 aromatic rings. The maximum Gasteiger partial charge on any atom is 0.407 e. The number of piperidine rings is 1. The molecule has 1 amide bonds. The second-order valence-electron chi connectivity index (χ2n) is 5.50. The Hall–Kier alpha value is -2.08. The first kappa shape index (κ1) is 14.8. The number of pyridine rings is 1. The molecular formula is C16H20N2O4. The van der Waals surface area contributed by atoms with Crippen molar-refractivity contribution in [3.8, 4) is 5.88 Å². The predicted octanol–water partition coefficient (Wildman–Crippen LogP) is 2.41. The van der Waals surface area contributed by atoms with Crippen molar-refractivity contribution < 1.29 is 19.4 Å². The van der Waals surface area contributed by atoms with Crippen LogP contribution in [0.5, 0.6) is 5.88 Å². The summed E-state index contributed by atoms with van der Waals surface area (Å²) in [6, 6.07) is 3.93. The molecular weight excluding hydrogens is 284 g/mol. The molecule has 6 heteroatoms. The van der Waals surface area contributed by atoms with Gasteiger partial charge in [-0.1, -0.05) is 6.08 Å². The Kier molecular flexibility index (Phi) is 4.58. The standard InChI is InChI=1S/C16H20N2O4/c19-16(20)18-8-3-13(4-9-18)22-15-14(2-1-7-17-15)12-5-10-21-11-6-12/h1-2,5,7,13H,3-4,6,8-11H2,(H,19,20). The zero-order valence-corrected chi connectivity index (χ0v) is 12.4. The van der Waals surface area contributed by atoms with Crippen molar-refractivity contribution in [1.82, 2.24) is 9.88 Å². The Labute approximate surface area is 129 Å². The molecule has 0 radical (unpaired) electrons. The summed E-state index contributed by atoms with van der Waals surface area (Å²) in [5.74, 6) is 0.643. The van der Waals surface area contributed by atoms with E-state index in [1.165, 1.54) is 10.5 Å². The van der Waals surface area contributed by atoms with E-state index < -0.39 is 6.09 Å². The first-order valence-electron chi connectivity index (χ1n) is 7.61. The van der Waals surface area contributed by atoms with Gasteiger partial charge in [-0.2, -0.15) is 0 Å². The number of rotatable bonds is 3. The van der Waals surface area contributed by atoms with E-state index in [0.717, 1.165) is 18.6 Å². The molecule has 3 heterocycles. The quantitative estimate of drug-likeness (QED) is 0.928. The van der Waals surface area contributed by atoms with Gasteiger partial charge in [-0.15, -0.1) is 0 Å². The van der Waals surface area contributed by atoms with Gasteiger partial charge in [0.25, 0.3) is 0 Å². The van der Waals surface area contributed by atoms with Gasteiger partial charge in [0.2, 0.25) is 5.88 Å². The minimum atomic E-state index is -0.857. The van der Waals surface area contributed by atoms with Crippen LogP contribution < -0.4 is 4.74 Å². The number of carboxylic acid groups (broad SMARTS) is 1. The largest absolute Gasteiger partial charge is 0.474 e. The minimum Gasteiger partial charge on any atom is -0.474 e. The smallest absolute Gasteiger partial charge is 0.407 e. The molecule has 118 valence electrons. The van der Waals surface area contributed by atoms with Crippen LogP contribution in [0.1, 0.15) is 24.8 Å². The number of ether oxygens (including phenoxy) is 2. The summed E-state index contributed by atoms with van der Waals surface area (Å²) in [4.78, 5) is 16.7. The third-order valence-electron chi connectivity index (χ3n) is 4.07. The van der Waals surface area contributed by atoms with Crippen molar-refractivity contribution >= 4 is 11.7 Å². The number of amides is 1. The lowest BCUT2D eigenvalue weighted by Crippen LogP contribution is -2.41. The van der Waals surface area contributed by atoms with E-state index in [-0.39, 0.29) is 6.10 Å². The Morgan fingerprint density at radius 2 is 2.23 bits per heavy atom. The molecule has 0 spiro atoms. The molecule has 2 aliphatic heterocycles. The summed E-state index contributed by atoms with van der Waals surface area (Å²) in [6.07, 6.45) is 5.22. The number of aromatic nitrogens is 1. The summed E-state index contributed by atoms with van der Waals surface area (Å²) in [5, 5.41) is 8.98. The van der Waals surface area contributed by atoms with Crippen molar-refractivity contribution in [1.29, 1.82) is 0 Å². The van der Waals surface area contributed by atoms with E-state index in [4.69, 9.17) is 14.6 Å². The van der Waals surface area contributed by atoms with Crippen LogP contribution in [0.3, 0.4) is 0 Å². The molecule has 0 bridgehead atoms. The number of likely N-dealkylation sites (tertiary alicyclic amines) is 1. The second-order valence-corrected chi connectivity index (χ2v) is 5.50. The molecule has 0 aliphatic carbocycles. The van der Waals surface area contributed by atoms with Gasteiger partial charge in [-0.25, -0.2) is 9.78 Å². The van der Waals surface area contributed by atoms with Gasteiger partial charge in [0.1, 0.15) is 6.10 Å². The molecule has 3 rings (SSSR count). The highest BCUT2D eigenvalue weighted by molar-refractivity contribution is 5.69. The van der Waals surface area contributed by atoms with Gasteiger partial charge in [-0.3, -0.25) is 0 Å². The van der Waals surface area contributed by atoms with Crippen molar-refractivity contribution in [3.05, 3.63) is 30.0 Å². The first-order valence-corrected chi connectivity index (χ1v) is 7.61. The SMILES string of the molecule is O=C(O)N1CCC(Oc2ncccc2C2=CCOCC2)CC1. The van der Waals surface area contributed by atoms with Crippen LogP contribution in [0.25, 0.3) is 5.57 Å². The predicted molar refractivity (Wildman–Crippen MR) is 80.9 cm³/mol. The van der Waals surface area contributed by atoms with E-state index >= 15 is 0 Å². The molecule has 1 saturated heterocycles. The summed E-state index contributed by atoms with van der Waals surface area (Å²) in [5.41, 5.74) is 2.23. The third-order valence-corrected chi connectivity index (χ3v) is 4.07. The molecule has 1 N–H and O–H groups in total. The molecule has 0 aromatic carbocycles. The first-order chi connectivity index (χ1) is 10.7. The number of carbonyl (C=O) groups is 1. The summed E-state index contributed by atoms with van der Waals surface area (Å²) in [6.45, 7) is 2.37. The van der Waals surface area contributed by atoms with Gasteiger partial charge in [0.15, 0.2) is 0 Å². The Balaban J connectivity index is 1.68. The lowest BCUT2D eigenvalue weighted by molar-refractivity contribution is 0.0868. The van der Waals surface area contributed by atoms with E-state index in [1.807, 2.05) is 12.1 Å². The molecule has 1 fully saturated rings. The van der Waals surface area contributed by atoms with E-state index in [0.29, 0.717) is 38.4 Å². The summed E-state index contributed by atoms with van der Waals surface area (Å²) in [7, 11) is 0. The average Bonchev–Trinajstić information content (AvgIpc) is 2.57. The van der Waals surface area contributed by atoms with E-state index in [9.17, 15) is 4.79 Å². The fourth-order valence-corrected chi connectivity index (χ4v) is 2.82. The highest BCUT2D eigenvalue weighted by Crippen LogP contribution is 2.29. The van der Waals surface area contributed by atoms with Gasteiger partial charge in [0.05, 0.1) is 13.2 Å². The summed E-state index contributed by atoms with van der Waals surface area (Å²) >= 11 is 0. The molecule has 1 aromatic heterocycles. The monoisotopic (exact) mass is 304 g/mol. The topological polar surface area (TPSA) is 71.9 Å². The lowest BCUT2D eigenvalue weighted by atomic mass is 10.0. The maximum absolute atomic E-state index is 10.9. The molecule has 22 heavy (non-hydrogen) atoms. The van der Waals surface area contributed by atoms with Crippen LogP contribution >= 0.6 is 0 Å². The van der Waals surface area contributed by atoms with Crippen LogP contribution in [0.15, 0.2) is 24.4 Å². The Morgan fingerprint density at radius 1 is 1.41 bits per heavy atom. The number of nitrogens with zero attached hydrogens (tertiary/aromatic N) is 2. The fourth-order valence-electron chi connectivity index (χ4n) is 2.82. The highest BCUT2D eigenvalue weighted by Gasteiger charge is 2.24. The van der Waals surface area contributed by atoms with Crippen molar-refractivity contribution in [2.45, 2.75) is 25.4 Å². The van der Waals surface area contributed by atoms with Crippen LogP contribution in [-0.4, -0.2) is 53.5 Å². The van der Waals surface area contributed by atoms with Gasteiger partial charge < -0.3 is 19.5 Å². The molecule has 6 nitrogen and oxygen atoms in total. The van der Waals surface area contributed by atoms with Crippen LogP contribution in [0.4, 0.5) is 4.79 Å². The maximum atomic E-state index is 10.9. The minimum absolute atomic E-state index is 0.0182. The molecule has 0 saturated carbocycles. The van der Waals surface area contributed by atoms with Crippen LogP contribution in [0, 0.1) is 0 Å². The van der Waals surface area contributed by atoms with Crippen molar-refractivity contribution in [2.75, 3.05) is 26.3 Å². The molecule has 0 atom stereocenters. The highest BCUT2D eigenvalue weighted by atomic mass is 16.5. The van der Waals surface area contributed by atoms with E-state index in [1.54, 1.807) is 6.20 Å². The Morgan fingerprint density at radius 3 is 2.91 bits per heavy atom. The van der Waals surface area contributed by atoms with Crippen molar-refractivity contribution in [3.63, 3.8) is 0 Å². The molecule has 0 unspecified atom stereocenters. The normalized spacial score (nSPS) is 19.6. The van der Waals surface area contributed by atoms with E-state index in [2.05, 4.69) is 11.1 Å². The average molecular weight is 304 g/mol. The number of hydrogen-bond donors (Lipinski definition) is 1. The number of hydrogen-bond acceptors (Lipinski definition) is 4. The van der Waals surface area contributed by atoms with Crippen LogP contribution in [0.2, 0.25) is 0 Å². The zero-order chi connectivity index (χ0) is 15.4. The lowest BCUT2D eigenvalue weighted by Gasteiger charge is -2.30. The third kappa shape index (κ3) is 3.39. The van der Waals surface area contributed by atoms with Gasteiger partial charge in [0, 0.05) is 37.7 Å². The Bertz CT molecular complexity index is 565. The zero-order valence-electron chi connectivity index (χ0n) is 12.4. The van der Waals surface area contributed by atoms with Gasteiger partial charge in [-0.05, 0) is 24.1 Å². The fraction of sp³-hybridized carbons (Fsp3) is 0.500. The summed E-state index contributed by atoms with van der Waals surface area (Å²) < 4.78 is 11.4.